The zero-order chi connectivity index (χ0) is 13.4. The number of pyridine rings is 2. The molecule has 0 bridgehead atoms. The maximum absolute atomic E-state index is 10.8. The summed E-state index contributed by atoms with van der Waals surface area (Å²) in [4.78, 5) is 18.6. The standard InChI is InChI=1S/C8H9NO2.C6H7N/c1-6-3-4-7(9-5-6)8(10)11-2;1-6-2-4-7-5-3-6/h3-5H,1-2H3;2-5H,1H3. The molecule has 0 saturated carbocycles. The van der Waals surface area contributed by atoms with Gasteiger partial charge in [0.2, 0.25) is 0 Å². The van der Waals surface area contributed by atoms with Crippen LogP contribution in [0.5, 0.6) is 0 Å². The molecular weight excluding hydrogens is 228 g/mol. The predicted molar refractivity (Wildman–Crippen MR) is 69.3 cm³/mol. The molecule has 18 heavy (non-hydrogen) atoms. The van der Waals surface area contributed by atoms with Gasteiger partial charge in [0.1, 0.15) is 5.69 Å². The Kier molecular flexibility index (Phi) is 5.51. The Morgan fingerprint density at radius 2 is 1.72 bits per heavy atom. The van der Waals surface area contributed by atoms with E-state index < -0.39 is 5.97 Å². The van der Waals surface area contributed by atoms with Gasteiger partial charge in [-0.1, -0.05) is 6.07 Å². The minimum Gasteiger partial charge on any atom is -0.464 e. The molecule has 2 rings (SSSR count). The molecule has 2 aromatic rings. The number of esters is 1. The van der Waals surface area contributed by atoms with Crippen LogP contribution >= 0.6 is 0 Å². The lowest BCUT2D eigenvalue weighted by Crippen LogP contribution is -2.03. The van der Waals surface area contributed by atoms with Gasteiger partial charge in [0.25, 0.3) is 0 Å². The third kappa shape index (κ3) is 4.74. The van der Waals surface area contributed by atoms with Crippen molar-refractivity contribution in [1.82, 2.24) is 9.97 Å². The van der Waals surface area contributed by atoms with Crippen LogP contribution in [0.3, 0.4) is 0 Å². The van der Waals surface area contributed by atoms with Gasteiger partial charge < -0.3 is 4.74 Å². The Morgan fingerprint density at radius 1 is 1.06 bits per heavy atom. The van der Waals surface area contributed by atoms with Crippen molar-refractivity contribution in [2.45, 2.75) is 13.8 Å². The molecule has 0 amide bonds. The lowest BCUT2D eigenvalue weighted by atomic mass is 10.3. The van der Waals surface area contributed by atoms with Crippen molar-refractivity contribution in [3.05, 3.63) is 59.7 Å². The van der Waals surface area contributed by atoms with Crippen LogP contribution in [0.25, 0.3) is 0 Å². The first kappa shape index (κ1) is 13.8. The summed E-state index contributed by atoms with van der Waals surface area (Å²) < 4.78 is 4.47. The molecule has 4 nitrogen and oxygen atoms in total. The fraction of sp³-hybridized carbons (Fsp3) is 0.214. The largest absolute Gasteiger partial charge is 0.464 e. The van der Waals surface area contributed by atoms with Gasteiger partial charge in [0.05, 0.1) is 7.11 Å². The van der Waals surface area contributed by atoms with Gasteiger partial charge in [0.15, 0.2) is 0 Å². The van der Waals surface area contributed by atoms with Crippen LogP contribution < -0.4 is 0 Å². The zero-order valence-corrected chi connectivity index (χ0v) is 10.8. The van der Waals surface area contributed by atoms with Crippen LogP contribution in [0.15, 0.2) is 42.9 Å². The van der Waals surface area contributed by atoms with Crippen LogP contribution in [0.4, 0.5) is 0 Å². The monoisotopic (exact) mass is 244 g/mol. The van der Waals surface area contributed by atoms with Gasteiger partial charge >= 0.3 is 5.97 Å². The van der Waals surface area contributed by atoms with Crippen molar-refractivity contribution in [3.8, 4) is 0 Å². The topological polar surface area (TPSA) is 52.1 Å². The summed E-state index contributed by atoms with van der Waals surface area (Å²) in [7, 11) is 1.34. The van der Waals surface area contributed by atoms with E-state index in [1.165, 1.54) is 12.7 Å². The number of methoxy groups -OCH3 is 1. The average molecular weight is 244 g/mol. The smallest absolute Gasteiger partial charge is 0.356 e. The first-order chi connectivity index (χ1) is 8.63. The molecule has 0 radical (unpaired) electrons. The van der Waals surface area contributed by atoms with Crippen LogP contribution in [-0.4, -0.2) is 23.0 Å². The van der Waals surface area contributed by atoms with Crippen LogP contribution in [-0.2, 0) is 4.74 Å². The highest BCUT2D eigenvalue weighted by Crippen LogP contribution is 1.99. The van der Waals surface area contributed by atoms with Crippen LogP contribution in [0, 0.1) is 13.8 Å². The Balaban J connectivity index is 0.000000199. The van der Waals surface area contributed by atoms with E-state index in [1.807, 2.05) is 32.0 Å². The Hall–Kier alpha value is -2.23. The number of aryl methyl sites for hydroxylation is 2. The number of nitrogens with zero attached hydrogens (tertiary/aromatic N) is 2. The third-order valence-corrected chi connectivity index (χ3v) is 2.15. The second-order valence-corrected chi connectivity index (χ2v) is 3.74. The maximum Gasteiger partial charge on any atom is 0.356 e. The molecule has 0 saturated heterocycles. The van der Waals surface area contributed by atoms with E-state index in [-0.39, 0.29) is 0 Å². The first-order valence-electron chi connectivity index (χ1n) is 5.51. The summed E-state index contributed by atoms with van der Waals surface area (Å²) in [5.74, 6) is -0.398. The van der Waals surface area contributed by atoms with Gasteiger partial charge in [-0.15, -0.1) is 0 Å². The molecule has 0 aliphatic rings. The molecule has 0 atom stereocenters. The number of hydrogen-bond acceptors (Lipinski definition) is 4. The van der Waals surface area contributed by atoms with Crippen LogP contribution in [0.1, 0.15) is 21.6 Å². The summed E-state index contributed by atoms with van der Waals surface area (Å²) in [6.45, 7) is 3.95. The maximum atomic E-state index is 10.8. The number of ether oxygens (including phenoxy) is 1. The van der Waals surface area contributed by atoms with E-state index >= 15 is 0 Å². The second kappa shape index (κ2) is 7.17. The molecule has 94 valence electrons. The minimum absolute atomic E-state index is 0.345. The minimum atomic E-state index is -0.398. The highest BCUT2D eigenvalue weighted by Gasteiger charge is 2.04. The average Bonchev–Trinajstić information content (AvgIpc) is 2.40. The van der Waals surface area contributed by atoms with Crippen molar-refractivity contribution in [2.24, 2.45) is 0 Å². The quantitative estimate of drug-likeness (QED) is 0.723. The second-order valence-electron chi connectivity index (χ2n) is 3.74. The third-order valence-electron chi connectivity index (χ3n) is 2.15. The highest BCUT2D eigenvalue weighted by atomic mass is 16.5. The molecule has 0 aliphatic carbocycles. The van der Waals surface area contributed by atoms with Crippen molar-refractivity contribution in [2.75, 3.05) is 7.11 Å². The first-order valence-corrected chi connectivity index (χ1v) is 5.51. The normalized spacial score (nSPS) is 9.06. The number of hydrogen-bond donors (Lipinski definition) is 0. The molecule has 2 aromatic heterocycles. The van der Waals surface area contributed by atoms with Crippen molar-refractivity contribution < 1.29 is 9.53 Å². The molecular formula is C14H16N2O2. The number of carbonyl (C=O) groups excluding carboxylic acids is 1. The van der Waals surface area contributed by atoms with Gasteiger partial charge in [-0.25, -0.2) is 9.78 Å². The highest BCUT2D eigenvalue weighted by molar-refractivity contribution is 5.86. The van der Waals surface area contributed by atoms with E-state index in [0.29, 0.717) is 5.69 Å². The number of aromatic nitrogens is 2. The van der Waals surface area contributed by atoms with Gasteiger partial charge in [-0.3, -0.25) is 4.98 Å². The van der Waals surface area contributed by atoms with E-state index in [1.54, 1.807) is 24.7 Å². The van der Waals surface area contributed by atoms with E-state index in [4.69, 9.17) is 0 Å². The SMILES string of the molecule is COC(=O)c1ccc(C)cn1.Cc1ccncc1. The number of rotatable bonds is 1. The fourth-order valence-electron chi connectivity index (χ4n) is 1.12. The Morgan fingerprint density at radius 3 is 2.11 bits per heavy atom. The molecule has 0 N–H and O–H groups in total. The van der Waals surface area contributed by atoms with E-state index in [0.717, 1.165) is 5.56 Å². The van der Waals surface area contributed by atoms with Gasteiger partial charge in [-0.2, -0.15) is 0 Å². The van der Waals surface area contributed by atoms with Crippen molar-refractivity contribution in [3.63, 3.8) is 0 Å². The molecule has 0 aliphatic heterocycles. The lowest BCUT2D eigenvalue weighted by molar-refractivity contribution is 0.0594. The van der Waals surface area contributed by atoms with E-state index in [9.17, 15) is 4.79 Å². The van der Waals surface area contributed by atoms with Crippen LogP contribution in [0.2, 0.25) is 0 Å². The Bertz CT molecular complexity index is 481. The summed E-state index contributed by atoms with van der Waals surface area (Å²) in [5.41, 5.74) is 2.63. The summed E-state index contributed by atoms with van der Waals surface area (Å²) >= 11 is 0. The number of carbonyl (C=O) groups is 1. The van der Waals surface area contributed by atoms with Gasteiger partial charge in [-0.05, 0) is 43.2 Å². The Labute approximate surface area is 107 Å². The van der Waals surface area contributed by atoms with Gasteiger partial charge in [0, 0.05) is 18.6 Å². The predicted octanol–water partition coefficient (Wildman–Crippen LogP) is 2.57. The summed E-state index contributed by atoms with van der Waals surface area (Å²) in [5, 5.41) is 0. The molecule has 0 aromatic carbocycles. The van der Waals surface area contributed by atoms with Crippen molar-refractivity contribution >= 4 is 5.97 Å². The summed E-state index contributed by atoms with van der Waals surface area (Å²) in [6, 6.07) is 7.40. The summed E-state index contributed by atoms with van der Waals surface area (Å²) in [6.07, 6.45) is 5.21. The molecule has 0 spiro atoms. The fourth-order valence-corrected chi connectivity index (χ4v) is 1.12. The lowest BCUT2D eigenvalue weighted by Gasteiger charge is -1.96. The van der Waals surface area contributed by atoms with Crippen molar-refractivity contribution in [1.29, 1.82) is 0 Å². The molecule has 0 fully saturated rings. The molecule has 2 heterocycles. The molecule has 0 unspecified atom stereocenters. The van der Waals surface area contributed by atoms with E-state index in [2.05, 4.69) is 14.7 Å². The molecule has 4 heteroatoms. The zero-order valence-electron chi connectivity index (χ0n) is 10.8.